The third-order valence-corrected chi connectivity index (χ3v) is 7.08. The van der Waals surface area contributed by atoms with Crippen molar-refractivity contribution in [3.8, 4) is 11.1 Å². The van der Waals surface area contributed by atoms with Crippen LogP contribution in [0.1, 0.15) is 38.5 Å². The maximum Gasteiger partial charge on any atom is 0.225 e. The molecule has 2 fully saturated rings. The summed E-state index contributed by atoms with van der Waals surface area (Å²) in [5, 5.41) is 13.6. The van der Waals surface area contributed by atoms with Crippen molar-refractivity contribution in [1.29, 1.82) is 0 Å². The number of aromatic nitrogens is 5. The molecule has 0 atom stereocenters. The number of hydrogen-bond donors (Lipinski definition) is 2. The number of benzene rings is 1. The molecule has 1 aliphatic carbocycles. The predicted octanol–water partition coefficient (Wildman–Crippen LogP) is 4.16. The third kappa shape index (κ3) is 3.90. The van der Waals surface area contributed by atoms with Crippen LogP contribution in [0.25, 0.3) is 33.1 Å². The minimum Gasteiger partial charge on any atom is -0.351 e. The number of nitrogens with zero attached hydrogens (tertiary/aromatic N) is 5. The molecule has 1 amide bonds. The lowest BCUT2D eigenvalue weighted by Crippen LogP contribution is -2.37. The van der Waals surface area contributed by atoms with E-state index in [1.807, 2.05) is 30.6 Å². The highest BCUT2D eigenvalue weighted by Gasteiger charge is 2.30. The highest BCUT2D eigenvalue weighted by molar-refractivity contribution is 5.96. The quantitative estimate of drug-likeness (QED) is 0.493. The van der Waals surface area contributed by atoms with Crippen molar-refractivity contribution in [3.63, 3.8) is 0 Å². The second kappa shape index (κ2) is 8.42. The molecule has 2 aliphatic rings. The lowest BCUT2D eigenvalue weighted by atomic mass is 9.85. The van der Waals surface area contributed by atoms with Gasteiger partial charge in [0, 0.05) is 53.8 Å². The van der Waals surface area contributed by atoms with Gasteiger partial charge in [0.05, 0.1) is 11.7 Å². The van der Waals surface area contributed by atoms with Gasteiger partial charge in [0.2, 0.25) is 11.9 Å². The van der Waals surface area contributed by atoms with Gasteiger partial charge in [0.25, 0.3) is 0 Å². The number of anilines is 1. The SMILES string of the molecule is O=C(C1CCC(Nc2ncc3c(-c4ccc5nnccc5c4)c[nH]c3n2)CC1)N1CCCC1. The number of carbonyl (C=O) groups excluding carboxylic acids is 1. The normalized spacial score (nSPS) is 21.0. The minimum absolute atomic E-state index is 0.184. The number of likely N-dealkylation sites (tertiary alicyclic amines) is 1. The Morgan fingerprint density at radius 1 is 1.09 bits per heavy atom. The number of rotatable bonds is 4. The molecule has 4 heterocycles. The van der Waals surface area contributed by atoms with Gasteiger partial charge in [-0.15, -0.1) is 0 Å². The predicted molar refractivity (Wildman–Crippen MR) is 128 cm³/mol. The van der Waals surface area contributed by atoms with Gasteiger partial charge >= 0.3 is 0 Å². The van der Waals surface area contributed by atoms with Crippen molar-refractivity contribution in [2.45, 2.75) is 44.6 Å². The van der Waals surface area contributed by atoms with Gasteiger partial charge in [-0.05, 0) is 62.3 Å². The first-order valence-corrected chi connectivity index (χ1v) is 11.9. The molecule has 168 valence electrons. The van der Waals surface area contributed by atoms with Gasteiger partial charge in [-0.3, -0.25) is 4.79 Å². The van der Waals surface area contributed by atoms with Crippen LogP contribution >= 0.6 is 0 Å². The van der Waals surface area contributed by atoms with Crippen LogP contribution in [-0.4, -0.2) is 55.1 Å². The van der Waals surface area contributed by atoms with E-state index in [0.29, 0.717) is 17.9 Å². The Kier molecular flexibility index (Phi) is 5.13. The highest BCUT2D eigenvalue weighted by Crippen LogP contribution is 2.31. The first-order valence-electron chi connectivity index (χ1n) is 11.9. The molecule has 0 radical (unpaired) electrons. The average molecular weight is 442 g/mol. The second-order valence-electron chi connectivity index (χ2n) is 9.19. The topological polar surface area (TPSA) is 99.7 Å². The van der Waals surface area contributed by atoms with E-state index in [9.17, 15) is 4.79 Å². The van der Waals surface area contributed by atoms with Crippen LogP contribution in [0.15, 0.2) is 42.9 Å². The maximum atomic E-state index is 12.7. The van der Waals surface area contributed by atoms with E-state index in [0.717, 1.165) is 84.7 Å². The molecule has 1 aliphatic heterocycles. The summed E-state index contributed by atoms with van der Waals surface area (Å²) in [6.45, 7) is 1.88. The van der Waals surface area contributed by atoms with Crippen LogP contribution in [0.2, 0.25) is 0 Å². The molecule has 2 N–H and O–H groups in total. The van der Waals surface area contributed by atoms with Gasteiger partial charge < -0.3 is 15.2 Å². The number of amides is 1. The van der Waals surface area contributed by atoms with Crippen molar-refractivity contribution >= 4 is 33.8 Å². The zero-order valence-electron chi connectivity index (χ0n) is 18.5. The summed E-state index contributed by atoms with van der Waals surface area (Å²) < 4.78 is 0. The summed E-state index contributed by atoms with van der Waals surface area (Å²) in [4.78, 5) is 27.3. The fraction of sp³-hybridized carbons (Fsp3) is 0.400. The Bertz CT molecular complexity index is 1300. The molecule has 0 bridgehead atoms. The molecule has 8 nitrogen and oxygen atoms in total. The maximum absolute atomic E-state index is 12.7. The van der Waals surface area contributed by atoms with Crippen LogP contribution in [0.5, 0.6) is 0 Å². The van der Waals surface area contributed by atoms with Crippen LogP contribution in [0.3, 0.4) is 0 Å². The van der Waals surface area contributed by atoms with Crippen molar-refractivity contribution in [2.24, 2.45) is 5.92 Å². The minimum atomic E-state index is 0.184. The fourth-order valence-corrected chi connectivity index (χ4v) is 5.23. The van der Waals surface area contributed by atoms with Crippen LogP contribution < -0.4 is 5.32 Å². The van der Waals surface area contributed by atoms with Gasteiger partial charge in [-0.1, -0.05) is 6.07 Å². The largest absolute Gasteiger partial charge is 0.351 e. The van der Waals surface area contributed by atoms with E-state index in [-0.39, 0.29) is 5.92 Å². The Morgan fingerprint density at radius 3 is 2.79 bits per heavy atom. The number of fused-ring (bicyclic) bond motifs is 2. The first kappa shape index (κ1) is 20.1. The van der Waals surface area contributed by atoms with E-state index < -0.39 is 0 Å². The zero-order valence-corrected chi connectivity index (χ0v) is 18.5. The monoisotopic (exact) mass is 441 g/mol. The fourth-order valence-electron chi connectivity index (χ4n) is 5.23. The Labute approximate surface area is 191 Å². The van der Waals surface area contributed by atoms with Crippen molar-refractivity contribution in [3.05, 3.63) is 42.9 Å². The van der Waals surface area contributed by atoms with E-state index in [1.165, 1.54) is 0 Å². The Morgan fingerprint density at radius 2 is 1.94 bits per heavy atom. The summed E-state index contributed by atoms with van der Waals surface area (Å²) in [6.07, 6.45) is 11.7. The average Bonchev–Trinajstić information content (AvgIpc) is 3.54. The summed E-state index contributed by atoms with van der Waals surface area (Å²) >= 11 is 0. The van der Waals surface area contributed by atoms with Crippen LogP contribution in [-0.2, 0) is 4.79 Å². The highest BCUT2D eigenvalue weighted by atomic mass is 16.2. The molecule has 1 aromatic carbocycles. The molecule has 33 heavy (non-hydrogen) atoms. The number of aromatic amines is 1. The lowest BCUT2D eigenvalue weighted by molar-refractivity contribution is -0.135. The molecule has 0 unspecified atom stereocenters. The third-order valence-electron chi connectivity index (χ3n) is 7.08. The smallest absolute Gasteiger partial charge is 0.225 e. The number of hydrogen-bond acceptors (Lipinski definition) is 6. The Balaban J connectivity index is 1.14. The van der Waals surface area contributed by atoms with Gasteiger partial charge in [-0.2, -0.15) is 15.2 Å². The molecule has 6 rings (SSSR count). The Hall–Kier alpha value is -3.55. The van der Waals surface area contributed by atoms with E-state index in [2.05, 4.69) is 36.4 Å². The van der Waals surface area contributed by atoms with Crippen LogP contribution in [0, 0.1) is 5.92 Å². The molecule has 0 spiro atoms. The van der Waals surface area contributed by atoms with Gasteiger partial charge in [0.1, 0.15) is 5.65 Å². The number of carbonyl (C=O) groups is 1. The van der Waals surface area contributed by atoms with E-state index in [1.54, 1.807) is 6.20 Å². The second-order valence-corrected chi connectivity index (χ2v) is 9.19. The number of nitrogens with one attached hydrogen (secondary N) is 2. The summed E-state index contributed by atoms with van der Waals surface area (Å²) in [5.41, 5.74) is 3.84. The van der Waals surface area contributed by atoms with Gasteiger partial charge in [-0.25, -0.2) is 4.98 Å². The van der Waals surface area contributed by atoms with E-state index >= 15 is 0 Å². The standard InChI is InChI=1S/C25H27N7O/c33-24(32-11-1-2-12-32)16-3-6-19(7-4-16)29-25-27-15-21-20(14-26-23(21)30-25)17-5-8-22-18(13-17)9-10-28-31-22/h5,8-10,13-16,19H,1-4,6-7,11-12H2,(H2,26,27,29,30). The molecular formula is C25H27N7O. The number of H-pyrrole nitrogens is 1. The molecular weight excluding hydrogens is 414 g/mol. The first-order chi connectivity index (χ1) is 16.2. The molecule has 1 saturated carbocycles. The van der Waals surface area contributed by atoms with Crippen molar-refractivity contribution in [1.82, 2.24) is 30.0 Å². The molecule has 3 aromatic heterocycles. The molecule has 4 aromatic rings. The summed E-state index contributed by atoms with van der Waals surface area (Å²) in [5.74, 6) is 1.19. The molecule has 1 saturated heterocycles. The molecule has 8 heteroatoms. The van der Waals surface area contributed by atoms with Gasteiger partial charge in [0.15, 0.2) is 0 Å². The summed E-state index contributed by atoms with van der Waals surface area (Å²) in [7, 11) is 0. The summed E-state index contributed by atoms with van der Waals surface area (Å²) in [6, 6.07) is 8.42. The van der Waals surface area contributed by atoms with Crippen molar-refractivity contribution < 1.29 is 4.79 Å². The van der Waals surface area contributed by atoms with E-state index in [4.69, 9.17) is 4.98 Å². The lowest BCUT2D eigenvalue weighted by Gasteiger charge is -2.30. The van der Waals surface area contributed by atoms with Crippen molar-refractivity contribution in [2.75, 3.05) is 18.4 Å². The van der Waals surface area contributed by atoms with Crippen LogP contribution in [0.4, 0.5) is 5.95 Å². The zero-order chi connectivity index (χ0) is 22.2.